The van der Waals surface area contributed by atoms with E-state index in [2.05, 4.69) is 12.2 Å². The molecule has 0 aliphatic carbocycles. The molecule has 0 aliphatic heterocycles. The average molecular weight is 186 g/mol. The smallest absolute Gasteiger partial charge is 0.220 e. The van der Waals surface area contributed by atoms with Gasteiger partial charge in [-0.3, -0.25) is 9.59 Å². The molecule has 13 heavy (non-hydrogen) atoms. The molecule has 0 spiro atoms. The van der Waals surface area contributed by atoms with Crippen LogP contribution in [0.3, 0.4) is 0 Å². The van der Waals surface area contributed by atoms with Gasteiger partial charge in [0.25, 0.3) is 0 Å². The molecule has 4 nitrogen and oxygen atoms in total. The van der Waals surface area contributed by atoms with E-state index in [1.165, 1.54) is 0 Å². The van der Waals surface area contributed by atoms with Crippen molar-refractivity contribution in [3.63, 3.8) is 0 Å². The van der Waals surface area contributed by atoms with Crippen molar-refractivity contribution in [3.8, 4) is 0 Å². The molecule has 0 aliphatic rings. The average Bonchev–Trinajstić information content (AvgIpc) is 2.04. The summed E-state index contributed by atoms with van der Waals surface area (Å²) in [6.45, 7) is 4.39. The van der Waals surface area contributed by atoms with Gasteiger partial charge < -0.3 is 11.1 Å². The van der Waals surface area contributed by atoms with E-state index in [1.807, 2.05) is 0 Å². The summed E-state index contributed by atoms with van der Waals surface area (Å²) in [7, 11) is 0. The van der Waals surface area contributed by atoms with Crippen LogP contribution >= 0.6 is 0 Å². The third-order valence-electron chi connectivity index (χ3n) is 1.83. The lowest BCUT2D eigenvalue weighted by atomic mass is 10.1. The molecule has 1 atom stereocenters. The summed E-state index contributed by atoms with van der Waals surface area (Å²) in [6, 6.07) is 0. The van der Waals surface area contributed by atoms with Crippen LogP contribution in [0, 0.1) is 5.92 Å². The van der Waals surface area contributed by atoms with Crippen molar-refractivity contribution >= 4 is 11.8 Å². The zero-order valence-corrected chi connectivity index (χ0v) is 8.30. The van der Waals surface area contributed by atoms with E-state index in [9.17, 15) is 9.59 Å². The predicted molar refractivity (Wildman–Crippen MR) is 50.9 cm³/mol. The summed E-state index contributed by atoms with van der Waals surface area (Å²) < 4.78 is 0. The molecule has 0 heterocycles. The Labute approximate surface area is 78.9 Å². The molecule has 0 aromatic heterocycles. The van der Waals surface area contributed by atoms with Crippen LogP contribution in [0.5, 0.6) is 0 Å². The van der Waals surface area contributed by atoms with Gasteiger partial charge in [-0.2, -0.15) is 0 Å². The SMILES string of the molecule is CCCCNC(=O)CC(C)C(N)=O. The Balaban J connectivity index is 3.56. The third-order valence-corrected chi connectivity index (χ3v) is 1.83. The third kappa shape index (κ3) is 6.13. The number of nitrogens with two attached hydrogens (primary N) is 1. The van der Waals surface area contributed by atoms with Gasteiger partial charge in [-0.05, 0) is 6.42 Å². The molecule has 0 saturated heterocycles. The van der Waals surface area contributed by atoms with Crippen LogP contribution in [0.4, 0.5) is 0 Å². The molecular weight excluding hydrogens is 168 g/mol. The molecule has 76 valence electrons. The normalized spacial score (nSPS) is 12.2. The zero-order valence-electron chi connectivity index (χ0n) is 8.30. The first kappa shape index (κ1) is 11.9. The van der Waals surface area contributed by atoms with Crippen LogP contribution in [-0.4, -0.2) is 18.4 Å². The second-order valence-corrected chi connectivity index (χ2v) is 3.21. The fourth-order valence-electron chi connectivity index (χ4n) is 0.855. The molecule has 0 rings (SSSR count). The Morgan fingerprint density at radius 1 is 1.46 bits per heavy atom. The van der Waals surface area contributed by atoms with Crippen molar-refractivity contribution < 1.29 is 9.59 Å². The van der Waals surface area contributed by atoms with Gasteiger partial charge in [0, 0.05) is 18.9 Å². The number of hydrogen-bond acceptors (Lipinski definition) is 2. The molecule has 0 saturated carbocycles. The minimum atomic E-state index is -0.425. The topological polar surface area (TPSA) is 72.2 Å². The molecule has 4 heteroatoms. The molecule has 3 N–H and O–H groups in total. The fraction of sp³-hybridized carbons (Fsp3) is 0.778. The maximum atomic E-state index is 11.1. The van der Waals surface area contributed by atoms with E-state index in [4.69, 9.17) is 5.73 Å². The van der Waals surface area contributed by atoms with Crippen molar-refractivity contribution in [3.05, 3.63) is 0 Å². The zero-order chi connectivity index (χ0) is 10.3. The molecule has 2 amide bonds. The van der Waals surface area contributed by atoms with Crippen LogP contribution in [0.15, 0.2) is 0 Å². The lowest BCUT2D eigenvalue weighted by Gasteiger charge is -2.07. The first-order valence-electron chi connectivity index (χ1n) is 4.64. The molecule has 1 unspecified atom stereocenters. The second-order valence-electron chi connectivity index (χ2n) is 3.21. The van der Waals surface area contributed by atoms with Gasteiger partial charge in [-0.25, -0.2) is 0 Å². The Bertz CT molecular complexity index is 180. The Kier molecular flexibility index (Phi) is 5.93. The van der Waals surface area contributed by atoms with E-state index in [0.717, 1.165) is 12.8 Å². The first-order chi connectivity index (χ1) is 6.07. The highest BCUT2D eigenvalue weighted by molar-refractivity contribution is 5.84. The maximum absolute atomic E-state index is 11.1. The van der Waals surface area contributed by atoms with Crippen LogP contribution in [-0.2, 0) is 9.59 Å². The van der Waals surface area contributed by atoms with Gasteiger partial charge in [0.1, 0.15) is 0 Å². The summed E-state index contributed by atoms with van der Waals surface area (Å²) in [5.74, 6) is -0.896. The number of carbonyl (C=O) groups is 2. The molecule has 0 aromatic rings. The highest BCUT2D eigenvalue weighted by Crippen LogP contribution is 1.99. The van der Waals surface area contributed by atoms with Gasteiger partial charge in [0.15, 0.2) is 0 Å². The minimum Gasteiger partial charge on any atom is -0.369 e. The minimum absolute atomic E-state index is 0.0975. The first-order valence-corrected chi connectivity index (χ1v) is 4.64. The van der Waals surface area contributed by atoms with Crippen LogP contribution < -0.4 is 11.1 Å². The summed E-state index contributed by atoms with van der Waals surface area (Å²) in [5.41, 5.74) is 5.02. The van der Waals surface area contributed by atoms with Gasteiger partial charge >= 0.3 is 0 Å². The highest BCUT2D eigenvalue weighted by Gasteiger charge is 2.12. The lowest BCUT2D eigenvalue weighted by Crippen LogP contribution is -2.30. The highest BCUT2D eigenvalue weighted by atomic mass is 16.2. The number of unbranched alkanes of at least 4 members (excludes halogenated alkanes) is 1. The number of nitrogens with one attached hydrogen (secondary N) is 1. The Morgan fingerprint density at radius 2 is 2.08 bits per heavy atom. The van der Waals surface area contributed by atoms with Crippen molar-refractivity contribution in [1.82, 2.24) is 5.32 Å². The second kappa shape index (κ2) is 6.46. The van der Waals surface area contributed by atoms with E-state index < -0.39 is 5.91 Å². The molecule has 0 radical (unpaired) electrons. The Morgan fingerprint density at radius 3 is 2.54 bits per heavy atom. The van der Waals surface area contributed by atoms with Gasteiger partial charge in [-0.1, -0.05) is 20.3 Å². The summed E-state index contributed by atoms with van der Waals surface area (Å²) >= 11 is 0. The largest absolute Gasteiger partial charge is 0.369 e. The monoisotopic (exact) mass is 186 g/mol. The van der Waals surface area contributed by atoms with E-state index in [1.54, 1.807) is 6.92 Å². The van der Waals surface area contributed by atoms with Crippen LogP contribution in [0.1, 0.15) is 33.1 Å². The predicted octanol–water partition coefficient (Wildman–Crippen LogP) is 0.414. The maximum Gasteiger partial charge on any atom is 0.220 e. The Hall–Kier alpha value is -1.06. The molecule has 0 aromatic carbocycles. The van der Waals surface area contributed by atoms with Crippen LogP contribution in [0.2, 0.25) is 0 Å². The van der Waals surface area contributed by atoms with Crippen molar-refractivity contribution in [1.29, 1.82) is 0 Å². The lowest BCUT2D eigenvalue weighted by molar-refractivity contribution is -0.127. The van der Waals surface area contributed by atoms with Crippen molar-refractivity contribution in [2.45, 2.75) is 33.1 Å². The van der Waals surface area contributed by atoms with E-state index >= 15 is 0 Å². The number of primary amides is 1. The molecular formula is C9H18N2O2. The number of hydrogen-bond donors (Lipinski definition) is 2. The van der Waals surface area contributed by atoms with E-state index in [0.29, 0.717) is 6.54 Å². The summed E-state index contributed by atoms with van der Waals surface area (Å²) in [5, 5.41) is 2.72. The van der Waals surface area contributed by atoms with Crippen molar-refractivity contribution in [2.75, 3.05) is 6.54 Å². The number of rotatable bonds is 6. The van der Waals surface area contributed by atoms with Gasteiger partial charge in [0.2, 0.25) is 11.8 Å². The molecule has 0 fully saturated rings. The fourth-order valence-corrected chi connectivity index (χ4v) is 0.855. The summed E-state index contributed by atoms with van der Waals surface area (Å²) in [6.07, 6.45) is 2.21. The van der Waals surface area contributed by atoms with Crippen LogP contribution in [0.25, 0.3) is 0 Å². The van der Waals surface area contributed by atoms with Gasteiger partial charge in [0.05, 0.1) is 0 Å². The quantitative estimate of drug-likeness (QED) is 0.590. The summed E-state index contributed by atoms with van der Waals surface area (Å²) in [4.78, 5) is 21.7. The standard InChI is InChI=1S/C9H18N2O2/c1-3-4-5-11-8(12)6-7(2)9(10)13/h7H,3-6H2,1-2H3,(H2,10,13)(H,11,12). The number of carbonyl (C=O) groups excluding carboxylic acids is 2. The van der Waals surface area contributed by atoms with Gasteiger partial charge in [-0.15, -0.1) is 0 Å². The number of amides is 2. The molecule has 0 bridgehead atoms. The van der Waals surface area contributed by atoms with E-state index in [-0.39, 0.29) is 18.2 Å². The van der Waals surface area contributed by atoms with Crippen molar-refractivity contribution in [2.24, 2.45) is 11.7 Å².